The second-order valence-corrected chi connectivity index (χ2v) is 11.0. The fourth-order valence-corrected chi connectivity index (χ4v) is 5.74. The van der Waals surface area contributed by atoms with Gasteiger partial charge in [0.2, 0.25) is 15.9 Å². The molecule has 2 saturated carbocycles. The van der Waals surface area contributed by atoms with Crippen molar-refractivity contribution in [2.24, 2.45) is 5.92 Å². The summed E-state index contributed by atoms with van der Waals surface area (Å²) in [5.41, 5.74) is 1.78. The van der Waals surface area contributed by atoms with E-state index in [2.05, 4.69) is 22.3 Å². The van der Waals surface area contributed by atoms with Gasteiger partial charge in [0, 0.05) is 23.3 Å². The van der Waals surface area contributed by atoms with Crippen molar-refractivity contribution >= 4 is 27.5 Å². The second kappa shape index (κ2) is 10.6. The van der Waals surface area contributed by atoms with Gasteiger partial charge in [0.05, 0.1) is 0 Å². The highest BCUT2D eigenvalue weighted by molar-refractivity contribution is 7.90. The molecule has 2 aliphatic carbocycles. The molecular formula is C23H35N3O4S. The molecule has 31 heavy (non-hydrogen) atoms. The van der Waals surface area contributed by atoms with E-state index in [0.717, 1.165) is 56.9 Å². The number of rotatable bonds is 7. The zero-order valence-electron chi connectivity index (χ0n) is 18.6. The largest absolute Gasteiger partial charge is 0.349 e. The predicted molar refractivity (Wildman–Crippen MR) is 122 cm³/mol. The van der Waals surface area contributed by atoms with Crippen LogP contribution in [0.15, 0.2) is 18.2 Å². The van der Waals surface area contributed by atoms with Crippen molar-refractivity contribution in [2.45, 2.75) is 83.7 Å². The van der Waals surface area contributed by atoms with Crippen LogP contribution in [0, 0.1) is 12.8 Å². The molecule has 3 rings (SSSR count). The van der Waals surface area contributed by atoms with Gasteiger partial charge in [-0.05, 0) is 75.1 Å². The van der Waals surface area contributed by atoms with E-state index in [-0.39, 0.29) is 18.0 Å². The zero-order valence-corrected chi connectivity index (χ0v) is 19.4. The maximum atomic E-state index is 12.5. The number of benzene rings is 1. The molecule has 0 bridgehead atoms. The van der Waals surface area contributed by atoms with E-state index < -0.39 is 21.7 Å². The van der Waals surface area contributed by atoms with Gasteiger partial charge in [-0.2, -0.15) is 0 Å². The van der Waals surface area contributed by atoms with Crippen molar-refractivity contribution in [3.63, 3.8) is 0 Å². The summed E-state index contributed by atoms with van der Waals surface area (Å²) in [6, 6.07) is 5.19. The average Bonchev–Trinajstić information content (AvgIpc) is 2.71. The summed E-state index contributed by atoms with van der Waals surface area (Å²) in [7, 11) is -3.70. The third-order valence-electron chi connectivity index (χ3n) is 6.39. The Morgan fingerprint density at radius 2 is 1.65 bits per heavy atom. The van der Waals surface area contributed by atoms with Crippen molar-refractivity contribution < 1.29 is 18.0 Å². The Balaban J connectivity index is 1.53. The lowest BCUT2D eigenvalue weighted by molar-refractivity contribution is -0.113. The number of aryl methyl sites for hydroxylation is 1. The molecule has 2 amide bonds. The molecular weight excluding hydrogens is 414 g/mol. The summed E-state index contributed by atoms with van der Waals surface area (Å²) in [5, 5.41) is 5.75. The summed E-state index contributed by atoms with van der Waals surface area (Å²) in [5.74, 6) is -0.678. The Morgan fingerprint density at radius 3 is 2.29 bits per heavy atom. The van der Waals surface area contributed by atoms with Crippen LogP contribution in [0.1, 0.15) is 80.6 Å². The van der Waals surface area contributed by atoms with Crippen molar-refractivity contribution in [3.05, 3.63) is 29.3 Å². The summed E-state index contributed by atoms with van der Waals surface area (Å²) in [6.07, 6.45) is 9.17. The first-order valence-electron chi connectivity index (χ1n) is 11.4. The van der Waals surface area contributed by atoms with Crippen molar-refractivity contribution in [2.75, 3.05) is 11.1 Å². The third-order valence-corrected chi connectivity index (χ3v) is 7.72. The van der Waals surface area contributed by atoms with Crippen molar-refractivity contribution in [3.8, 4) is 0 Å². The van der Waals surface area contributed by atoms with Crippen LogP contribution in [-0.2, 0) is 14.8 Å². The lowest BCUT2D eigenvalue weighted by Gasteiger charge is -2.26. The Hall–Kier alpha value is -1.93. The van der Waals surface area contributed by atoms with Crippen LogP contribution < -0.4 is 15.4 Å². The normalized spacial score (nSPS) is 22.6. The van der Waals surface area contributed by atoms with Gasteiger partial charge in [-0.1, -0.05) is 26.2 Å². The second-order valence-electron chi connectivity index (χ2n) is 9.22. The van der Waals surface area contributed by atoms with Gasteiger partial charge in [0.25, 0.3) is 5.91 Å². The number of hydrogen-bond donors (Lipinski definition) is 3. The number of carbonyl (C=O) groups is 2. The molecule has 0 aromatic heterocycles. The van der Waals surface area contributed by atoms with Crippen LogP contribution in [0.25, 0.3) is 0 Å². The van der Waals surface area contributed by atoms with Crippen molar-refractivity contribution in [1.29, 1.82) is 0 Å². The fourth-order valence-electron chi connectivity index (χ4n) is 4.49. The predicted octanol–water partition coefficient (Wildman–Crippen LogP) is 3.49. The number of carbonyl (C=O) groups excluding carboxylic acids is 2. The first kappa shape index (κ1) is 23.7. The Labute approximate surface area is 185 Å². The number of anilines is 1. The molecule has 8 heteroatoms. The Kier molecular flexibility index (Phi) is 8.11. The molecule has 0 heterocycles. The van der Waals surface area contributed by atoms with Gasteiger partial charge in [-0.25, -0.2) is 13.1 Å². The quantitative estimate of drug-likeness (QED) is 0.593. The van der Waals surface area contributed by atoms with E-state index >= 15 is 0 Å². The average molecular weight is 450 g/mol. The van der Waals surface area contributed by atoms with Gasteiger partial charge in [-0.15, -0.1) is 0 Å². The van der Waals surface area contributed by atoms with Gasteiger partial charge in [0.1, 0.15) is 5.75 Å². The molecule has 0 radical (unpaired) electrons. The molecule has 1 aromatic carbocycles. The molecule has 0 spiro atoms. The van der Waals surface area contributed by atoms with Crippen molar-refractivity contribution in [1.82, 2.24) is 10.0 Å². The van der Waals surface area contributed by atoms with Gasteiger partial charge < -0.3 is 10.6 Å². The molecule has 1 aromatic rings. The fraction of sp³-hybridized carbons (Fsp3) is 0.652. The van der Waals surface area contributed by atoms with Gasteiger partial charge >= 0.3 is 0 Å². The minimum absolute atomic E-state index is 0.0855. The highest BCUT2D eigenvalue weighted by Crippen LogP contribution is 2.24. The number of hydrogen-bond acceptors (Lipinski definition) is 4. The summed E-state index contributed by atoms with van der Waals surface area (Å²) >= 11 is 0. The molecule has 0 saturated heterocycles. The monoisotopic (exact) mass is 449 g/mol. The third kappa shape index (κ3) is 7.31. The number of nitrogens with one attached hydrogen (secondary N) is 3. The zero-order chi connectivity index (χ0) is 22.4. The Morgan fingerprint density at radius 1 is 0.968 bits per heavy atom. The van der Waals surface area contributed by atoms with E-state index in [1.54, 1.807) is 25.1 Å². The van der Waals surface area contributed by atoms with Crippen LogP contribution >= 0.6 is 0 Å². The molecule has 172 valence electrons. The van der Waals surface area contributed by atoms with Crippen LogP contribution in [0.4, 0.5) is 5.69 Å². The summed E-state index contributed by atoms with van der Waals surface area (Å²) in [4.78, 5) is 24.9. The standard InChI is InChI=1S/C23H35N3O4S/c1-16-8-11-20(12-9-16)26-31(29,30)15-22(27)25-21-13-10-18(14-17(21)2)23(28)24-19-6-4-3-5-7-19/h10,13-14,16,19-20,26H,3-9,11-12,15H2,1-2H3,(H,24,28)(H,25,27). The highest BCUT2D eigenvalue weighted by Gasteiger charge is 2.25. The Bertz CT molecular complexity index is 886. The lowest BCUT2D eigenvalue weighted by Crippen LogP contribution is -2.41. The SMILES string of the molecule is Cc1cc(C(=O)NC2CCCCC2)ccc1NC(=O)CS(=O)(=O)NC1CCC(C)CC1. The lowest BCUT2D eigenvalue weighted by atomic mass is 9.88. The molecule has 2 aliphatic rings. The van der Waals surface area contributed by atoms with E-state index in [4.69, 9.17) is 0 Å². The first-order valence-corrected chi connectivity index (χ1v) is 13.1. The maximum absolute atomic E-state index is 12.5. The van der Waals surface area contributed by atoms with Crippen LogP contribution in [0.2, 0.25) is 0 Å². The molecule has 0 unspecified atom stereocenters. The van der Waals surface area contributed by atoms with E-state index in [1.165, 1.54) is 6.42 Å². The van der Waals surface area contributed by atoms with E-state index in [9.17, 15) is 18.0 Å². The van der Waals surface area contributed by atoms with Crippen LogP contribution in [0.5, 0.6) is 0 Å². The van der Waals surface area contributed by atoms with Gasteiger partial charge in [0.15, 0.2) is 0 Å². The summed E-state index contributed by atoms with van der Waals surface area (Å²) in [6.45, 7) is 3.97. The minimum atomic E-state index is -3.70. The topological polar surface area (TPSA) is 104 Å². The smallest absolute Gasteiger partial charge is 0.251 e. The van der Waals surface area contributed by atoms with Crippen LogP contribution in [0.3, 0.4) is 0 Å². The number of sulfonamides is 1. The van der Waals surface area contributed by atoms with Crippen LogP contribution in [-0.4, -0.2) is 38.1 Å². The highest BCUT2D eigenvalue weighted by atomic mass is 32.2. The molecule has 7 nitrogen and oxygen atoms in total. The molecule has 0 aliphatic heterocycles. The summed E-state index contributed by atoms with van der Waals surface area (Å²) < 4.78 is 27.4. The minimum Gasteiger partial charge on any atom is -0.349 e. The maximum Gasteiger partial charge on any atom is 0.251 e. The van der Waals surface area contributed by atoms with E-state index in [1.807, 2.05) is 0 Å². The first-order chi connectivity index (χ1) is 14.7. The molecule has 3 N–H and O–H groups in total. The van der Waals surface area contributed by atoms with Gasteiger partial charge in [-0.3, -0.25) is 9.59 Å². The number of amides is 2. The molecule has 2 fully saturated rings. The van der Waals surface area contributed by atoms with E-state index in [0.29, 0.717) is 17.2 Å². The molecule has 0 atom stereocenters.